The summed E-state index contributed by atoms with van der Waals surface area (Å²) in [6.45, 7) is 3.79. The number of aliphatic hydroxyl groups excluding tert-OH is 1. The second-order valence-electron chi connectivity index (χ2n) is 3.95. The van der Waals surface area contributed by atoms with Crippen LogP contribution in [0, 0.1) is 6.92 Å². The normalized spacial score (nSPS) is 15.1. The topological polar surface area (TPSA) is 66.5 Å². The average Bonchev–Trinajstić information content (AvgIpc) is 2.02. The zero-order chi connectivity index (χ0) is 10.8. The summed E-state index contributed by atoms with van der Waals surface area (Å²) in [5.74, 6) is 0.217. The number of aryl methyl sites for hydroxylation is 1. The molecule has 1 aromatic carbocycles. The van der Waals surface area contributed by atoms with Gasteiger partial charge in [-0.2, -0.15) is 0 Å². The van der Waals surface area contributed by atoms with Crippen LogP contribution >= 0.6 is 0 Å². The summed E-state index contributed by atoms with van der Waals surface area (Å²) in [5.41, 5.74) is 7.25. The lowest BCUT2D eigenvalue weighted by Crippen LogP contribution is -2.34. The van der Waals surface area contributed by atoms with Crippen molar-refractivity contribution >= 4 is 0 Å². The summed E-state index contributed by atoms with van der Waals surface area (Å²) < 4.78 is 0. The van der Waals surface area contributed by atoms with Crippen LogP contribution in [0.25, 0.3) is 0 Å². The van der Waals surface area contributed by atoms with E-state index >= 15 is 0 Å². The number of aliphatic hydroxyl groups is 1. The SMILES string of the molecule is Cc1cc(O)cc([C@@](C)(N)CCO)c1. The highest BCUT2D eigenvalue weighted by atomic mass is 16.3. The van der Waals surface area contributed by atoms with E-state index in [1.54, 1.807) is 12.1 Å². The van der Waals surface area contributed by atoms with Crippen molar-refractivity contribution in [3.8, 4) is 5.75 Å². The van der Waals surface area contributed by atoms with Gasteiger partial charge in [0.2, 0.25) is 0 Å². The maximum Gasteiger partial charge on any atom is 0.116 e. The van der Waals surface area contributed by atoms with Gasteiger partial charge in [-0.1, -0.05) is 6.07 Å². The van der Waals surface area contributed by atoms with Gasteiger partial charge in [0.05, 0.1) is 0 Å². The van der Waals surface area contributed by atoms with E-state index in [2.05, 4.69) is 0 Å². The first-order valence-corrected chi connectivity index (χ1v) is 4.66. The number of aromatic hydroxyl groups is 1. The molecule has 0 amide bonds. The van der Waals surface area contributed by atoms with Crippen LogP contribution in [0.4, 0.5) is 0 Å². The highest BCUT2D eigenvalue weighted by molar-refractivity contribution is 5.36. The van der Waals surface area contributed by atoms with Gasteiger partial charge in [-0.05, 0) is 43.5 Å². The number of nitrogens with two attached hydrogens (primary N) is 1. The fourth-order valence-electron chi connectivity index (χ4n) is 1.47. The van der Waals surface area contributed by atoms with E-state index in [1.807, 2.05) is 19.9 Å². The zero-order valence-corrected chi connectivity index (χ0v) is 8.62. The summed E-state index contributed by atoms with van der Waals surface area (Å²) in [7, 11) is 0. The minimum absolute atomic E-state index is 0.0434. The van der Waals surface area contributed by atoms with Crippen LogP contribution < -0.4 is 5.73 Å². The van der Waals surface area contributed by atoms with Crippen molar-refractivity contribution in [3.05, 3.63) is 29.3 Å². The van der Waals surface area contributed by atoms with Crippen molar-refractivity contribution < 1.29 is 10.2 Å². The van der Waals surface area contributed by atoms with E-state index in [4.69, 9.17) is 10.8 Å². The molecule has 3 heteroatoms. The second kappa shape index (κ2) is 3.98. The van der Waals surface area contributed by atoms with E-state index in [-0.39, 0.29) is 12.4 Å². The predicted molar refractivity (Wildman–Crippen MR) is 56.1 cm³/mol. The van der Waals surface area contributed by atoms with E-state index < -0.39 is 5.54 Å². The standard InChI is InChI=1S/C11H17NO2/c1-8-5-9(7-10(14)6-8)11(2,12)3-4-13/h5-7,13-14H,3-4,12H2,1-2H3/t11-/m0/s1. The summed E-state index contributed by atoms with van der Waals surface area (Å²) in [4.78, 5) is 0. The molecule has 0 aliphatic carbocycles. The van der Waals surface area contributed by atoms with Gasteiger partial charge >= 0.3 is 0 Å². The van der Waals surface area contributed by atoms with Crippen LogP contribution in [0.5, 0.6) is 5.75 Å². The minimum Gasteiger partial charge on any atom is -0.508 e. The number of hydrogen-bond donors (Lipinski definition) is 3. The lowest BCUT2D eigenvalue weighted by molar-refractivity contribution is 0.247. The molecule has 0 spiro atoms. The average molecular weight is 195 g/mol. The van der Waals surface area contributed by atoms with Crippen molar-refractivity contribution in [3.63, 3.8) is 0 Å². The largest absolute Gasteiger partial charge is 0.508 e. The molecule has 0 saturated heterocycles. The lowest BCUT2D eigenvalue weighted by atomic mass is 9.89. The van der Waals surface area contributed by atoms with Gasteiger partial charge in [-0.15, -0.1) is 0 Å². The third-order valence-corrected chi connectivity index (χ3v) is 2.35. The third kappa shape index (κ3) is 2.47. The number of phenols is 1. The molecule has 1 atom stereocenters. The fourth-order valence-corrected chi connectivity index (χ4v) is 1.47. The molecule has 0 aliphatic heterocycles. The Kier molecular flexibility index (Phi) is 3.13. The Bertz CT molecular complexity index is 301. The van der Waals surface area contributed by atoms with Gasteiger partial charge in [0.15, 0.2) is 0 Å². The summed E-state index contributed by atoms with van der Waals surface area (Å²) in [6.07, 6.45) is 0.482. The van der Waals surface area contributed by atoms with Gasteiger partial charge in [-0.3, -0.25) is 0 Å². The molecule has 1 aromatic rings. The Balaban J connectivity index is 3.05. The van der Waals surface area contributed by atoms with Gasteiger partial charge < -0.3 is 15.9 Å². The zero-order valence-electron chi connectivity index (χ0n) is 8.62. The molecule has 0 saturated carbocycles. The van der Waals surface area contributed by atoms with E-state index in [0.29, 0.717) is 6.42 Å². The highest BCUT2D eigenvalue weighted by Crippen LogP contribution is 2.25. The molecule has 3 nitrogen and oxygen atoms in total. The minimum atomic E-state index is -0.585. The number of hydrogen-bond acceptors (Lipinski definition) is 3. The van der Waals surface area contributed by atoms with Crippen molar-refractivity contribution in [1.29, 1.82) is 0 Å². The summed E-state index contributed by atoms with van der Waals surface area (Å²) >= 11 is 0. The van der Waals surface area contributed by atoms with Crippen LogP contribution in [0.3, 0.4) is 0 Å². The van der Waals surface area contributed by atoms with Crippen LogP contribution in [0.15, 0.2) is 18.2 Å². The fraction of sp³-hybridized carbons (Fsp3) is 0.455. The van der Waals surface area contributed by atoms with Crippen molar-refractivity contribution in [2.45, 2.75) is 25.8 Å². The van der Waals surface area contributed by atoms with E-state index in [1.165, 1.54) is 0 Å². The first-order chi connectivity index (χ1) is 6.45. The van der Waals surface area contributed by atoms with Crippen molar-refractivity contribution in [2.24, 2.45) is 5.73 Å². The van der Waals surface area contributed by atoms with Crippen LogP contribution in [0.1, 0.15) is 24.5 Å². The molecule has 0 fully saturated rings. The van der Waals surface area contributed by atoms with E-state index in [0.717, 1.165) is 11.1 Å². The predicted octanol–water partition coefficient (Wildman–Crippen LogP) is 1.26. The van der Waals surface area contributed by atoms with Gasteiger partial charge in [0, 0.05) is 12.1 Å². The first-order valence-electron chi connectivity index (χ1n) is 4.66. The Hall–Kier alpha value is -1.06. The summed E-state index contributed by atoms with van der Waals surface area (Å²) in [5, 5.41) is 18.3. The molecular formula is C11H17NO2. The maximum atomic E-state index is 9.41. The van der Waals surface area contributed by atoms with Crippen molar-refractivity contribution in [2.75, 3.05) is 6.61 Å². The van der Waals surface area contributed by atoms with E-state index in [9.17, 15) is 5.11 Å². The van der Waals surface area contributed by atoms with Crippen LogP contribution in [0.2, 0.25) is 0 Å². The molecule has 0 aliphatic rings. The molecule has 0 aromatic heterocycles. The lowest BCUT2D eigenvalue weighted by Gasteiger charge is -2.24. The van der Waals surface area contributed by atoms with Crippen LogP contribution in [-0.4, -0.2) is 16.8 Å². The summed E-state index contributed by atoms with van der Waals surface area (Å²) in [6, 6.07) is 5.25. The molecule has 0 radical (unpaired) electrons. The monoisotopic (exact) mass is 195 g/mol. The highest BCUT2D eigenvalue weighted by Gasteiger charge is 2.21. The Labute approximate surface area is 84.2 Å². The molecule has 78 valence electrons. The molecule has 4 N–H and O–H groups in total. The number of phenolic OH excluding ortho intramolecular Hbond substituents is 1. The first kappa shape index (κ1) is 11.0. The number of rotatable bonds is 3. The van der Waals surface area contributed by atoms with Crippen molar-refractivity contribution in [1.82, 2.24) is 0 Å². The van der Waals surface area contributed by atoms with Crippen LogP contribution in [-0.2, 0) is 5.54 Å². The van der Waals surface area contributed by atoms with Gasteiger partial charge in [0.25, 0.3) is 0 Å². The Morgan fingerprint density at radius 2 is 2.00 bits per heavy atom. The Morgan fingerprint density at radius 1 is 1.36 bits per heavy atom. The molecule has 14 heavy (non-hydrogen) atoms. The molecule has 1 rings (SSSR count). The number of benzene rings is 1. The smallest absolute Gasteiger partial charge is 0.116 e. The quantitative estimate of drug-likeness (QED) is 0.680. The molecule has 0 bridgehead atoms. The Morgan fingerprint density at radius 3 is 2.50 bits per heavy atom. The van der Waals surface area contributed by atoms with Gasteiger partial charge in [0.1, 0.15) is 5.75 Å². The molecular weight excluding hydrogens is 178 g/mol. The van der Waals surface area contributed by atoms with Gasteiger partial charge in [-0.25, -0.2) is 0 Å². The molecule has 0 unspecified atom stereocenters. The third-order valence-electron chi connectivity index (χ3n) is 2.35. The second-order valence-corrected chi connectivity index (χ2v) is 3.95. The molecule has 0 heterocycles. The maximum absolute atomic E-state index is 9.41.